The fourth-order valence-electron chi connectivity index (χ4n) is 3.01. The van der Waals surface area contributed by atoms with Crippen molar-refractivity contribution in [3.8, 4) is 5.75 Å². The van der Waals surface area contributed by atoms with Crippen molar-refractivity contribution in [3.05, 3.63) is 60.2 Å². The third-order valence-electron chi connectivity index (χ3n) is 4.32. The van der Waals surface area contributed by atoms with Gasteiger partial charge in [-0.3, -0.25) is 4.90 Å². The number of hydrogen-bond donors (Lipinski definition) is 2. The second-order valence-corrected chi connectivity index (χ2v) is 6.25. The summed E-state index contributed by atoms with van der Waals surface area (Å²) in [5, 5.41) is 5.69. The molecule has 2 aromatic carbocycles. The summed E-state index contributed by atoms with van der Waals surface area (Å²) in [5.74, 6) is 0.630. The molecule has 0 aliphatic carbocycles. The zero-order chi connectivity index (χ0) is 18.2. The number of carbonyl (C=O) groups is 1. The van der Waals surface area contributed by atoms with Crippen LogP contribution in [-0.2, 0) is 11.3 Å². The van der Waals surface area contributed by atoms with Crippen molar-refractivity contribution in [2.45, 2.75) is 12.6 Å². The molecule has 1 saturated heterocycles. The maximum atomic E-state index is 12.1. The van der Waals surface area contributed by atoms with Gasteiger partial charge in [0.2, 0.25) is 0 Å². The van der Waals surface area contributed by atoms with E-state index in [1.54, 1.807) is 19.2 Å². The number of hydrogen-bond acceptors (Lipinski definition) is 4. The third kappa shape index (κ3) is 5.21. The number of methoxy groups -OCH3 is 1. The number of benzene rings is 2. The molecular formula is C20H25N3O3. The second kappa shape index (κ2) is 9.22. The van der Waals surface area contributed by atoms with E-state index in [-0.39, 0.29) is 12.1 Å². The molecule has 2 aromatic rings. The summed E-state index contributed by atoms with van der Waals surface area (Å²) in [4.78, 5) is 14.5. The van der Waals surface area contributed by atoms with E-state index in [2.05, 4.69) is 39.8 Å². The second-order valence-electron chi connectivity index (χ2n) is 6.25. The van der Waals surface area contributed by atoms with E-state index in [1.165, 1.54) is 5.56 Å². The number of ether oxygens (including phenoxy) is 2. The first-order chi connectivity index (χ1) is 12.7. The Morgan fingerprint density at radius 2 is 1.96 bits per heavy atom. The molecule has 1 heterocycles. The van der Waals surface area contributed by atoms with Crippen molar-refractivity contribution < 1.29 is 14.3 Å². The molecule has 6 heteroatoms. The van der Waals surface area contributed by atoms with E-state index in [4.69, 9.17) is 9.47 Å². The van der Waals surface area contributed by atoms with E-state index in [0.29, 0.717) is 24.6 Å². The number of nitrogens with zero attached hydrogens (tertiary/aromatic N) is 1. The molecule has 26 heavy (non-hydrogen) atoms. The summed E-state index contributed by atoms with van der Waals surface area (Å²) in [7, 11) is 1.58. The number of para-hydroxylation sites is 2. The molecule has 0 aromatic heterocycles. The Morgan fingerprint density at radius 3 is 2.77 bits per heavy atom. The smallest absolute Gasteiger partial charge is 0.319 e. The molecule has 2 N–H and O–H groups in total. The van der Waals surface area contributed by atoms with Crippen LogP contribution in [0.2, 0.25) is 0 Å². The quantitative estimate of drug-likeness (QED) is 0.836. The highest BCUT2D eigenvalue weighted by Crippen LogP contribution is 2.22. The first-order valence-electron chi connectivity index (χ1n) is 8.80. The number of nitrogens with one attached hydrogen (secondary N) is 2. The highest BCUT2D eigenvalue weighted by Gasteiger charge is 2.21. The van der Waals surface area contributed by atoms with Crippen LogP contribution in [0, 0.1) is 0 Å². The lowest BCUT2D eigenvalue weighted by atomic mass is 10.2. The van der Waals surface area contributed by atoms with Gasteiger partial charge in [0.1, 0.15) is 5.75 Å². The average molecular weight is 355 g/mol. The van der Waals surface area contributed by atoms with Gasteiger partial charge >= 0.3 is 6.03 Å². The van der Waals surface area contributed by atoms with Gasteiger partial charge in [0.05, 0.1) is 25.5 Å². The van der Waals surface area contributed by atoms with Gasteiger partial charge in [0, 0.05) is 26.2 Å². The molecule has 138 valence electrons. The van der Waals surface area contributed by atoms with Crippen LogP contribution >= 0.6 is 0 Å². The van der Waals surface area contributed by atoms with Crippen LogP contribution in [0.3, 0.4) is 0 Å². The zero-order valence-corrected chi connectivity index (χ0v) is 15.0. The molecule has 1 aliphatic rings. The molecule has 1 aliphatic heterocycles. The van der Waals surface area contributed by atoms with Crippen LogP contribution in [-0.4, -0.2) is 50.4 Å². The summed E-state index contributed by atoms with van der Waals surface area (Å²) >= 11 is 0. The van der Waals surface area contributed by atoms with Gasteiger partial charge in [-0.05, 0) is 17.7 Å². The minimum atomic E-state index is -0.265. The Labute approximate surface area is 154 Å². The van der Waals surface area contributed by atoms with Crippen molar-refractivity contribution in [2.75, 3.05) is 38.7 Å². The minimum absolute atomic E-state index is 0.0177. The molecular weight excluding hydrogens is 330 g/mol. The Kier molecular flexibility index (Phi) is 6.46. The first-order valence-corrected chi connectivity index (χ1v) is 8.80. The first kappa shape index (κ1) is 18.2. The average Bonchev–Trinajstić information content (AvgIpc) is 2.68. The molecule has 3 rings (SSSR count). The van der Waals surface area contributed by atoms with Crippen LogP contribution in [0.25, 0.3) is 0 Å². The fraction of sp³-hybridized carbons (Fsp3) is 0.350. The van der Waals surface area contributed by atoms with Crippen molar-refractivity contribution >= 4 is 11.7 Å². The van der Waals surface area contributed by atoms with E-state index < -0.39 is 0 Å². The molecule has 0 radical (unpaired) electrons. The molecule has 0 saturated carbocycles. The predicted octanol–water partition coefficient (Wildman–Crippen LogP) is 2.72. The van der Waals surface area contributed by atoms with Crippen LogP contribution in [0.5, 0.6) is 5.75 Å². The number of amides is 2. The van der Waals surface area contributed by atoms with Gasteiger partial charge in [-0.1, -0.05) is 42.5 Å². The topological polar surface area (TPSA) is 62.8 Å². The molecule has 0 spiro atoms. The van der Waals surface area contributed by atoms with E-state index >= 15 is 0 Å². The SMILES string of the molecule is COc1ccccc1NC(=O)NCC1CN(Cc2ccccc2)CCO1. The lowest BCUT2D eigenvalue weighted by Crippen LogP contribution is -2.47. The normalized spacial score (nSPS) is 17.5. The maximum Gasteiger partial charge on any atom is 0.319 e. The van der Waals surface area contributed by atoms with Gasteiger partial charge < -0.3 is 20.1 Å². The van der Waals surface area contributed by atoms with Crippen molar-refractivity contribution in [1.29, 1.82) is 0 Å². The molecule has 0 bridgehead atoms. The molecule has 1 fully saturated rings. The largest absolute Gasteiger partial charge is 0.495 e. The lowest BCUT2D eigenvalue weighted by molar-refractivity contribution is -0.0285. The lowest BCUT2D eigenvalue weighted by Gasteiger charge is -2.33. The van der Waals surface area contributed by atoms with Gasteiger partial charge in [-0.15, -0.1) is 0 Å². The maximum absolute atomic E-state index is 12.1. The third-order valence-corrected chi connectivity index (χ3v) is 4.32. The van der Waals surface area contributed by atoms with Gasteiger partial charge in [0.25, 0.3) is 0 Å². The summed E-state index contributed by atoms with van der Waals surface area (Å²) < 4.78 is 11.0. The summed E-state index contributed by atoms with van der Waals surface area (Å²) in [6.45, 7) is 3.73. The van der Waals surface area contributed by atoms with Gasteiger partial charge in [-0.25, -0.2) is 4.79 Å². The Morgan fingerprint density at radius 1 is 1.19 bits per heavy atom. The van der Waals surface area contributed by atoms with Crippen LogP contribution < -0.4 is 15.4 Å². The van der Waals surface area contributed by atoms with Crippen molar-refractivity contribution in [2.24, 2.45) is 0 Å². The summed E-state index contributed by atoms with van der Waals surface area (Å²) in [5.41, 5.74) is 1.93. The summed E-state index contributed by atoms with van der Waals surface area (Å²) in [6, 6.07) is 17.4. The van der Waals surface area contributed by atoms with Gasteiger partial charge in [0.15, 0.2) is 0 Å². The highest BCUT2D eigenvalue weighted by atomic mass is 16.5. The predicted molar refractivity (Wildman–Crippen MR) is 101 cm³/mol. The van der Waals surface area contributed by atoms with Crippen LogP contribution in [0.15, 0.2) is 54.6 Å². The van der Waals surface area contributed by atoms with Gasteiger partial charge in [-0.2, -0.15) is 0 Å². The molecule has 1 atom stereocenters. The number of anilines is 1. The number of morpholine rings is 1. The standard InChI is InChI=1S/C20H25N3O3/c1-25-19-10-6-5-9-18(19)22-20(24)21-13-17-15-23(11-12-26-17)14-16-7-3-2-4-8-16/h2-10,17H,11-15H2,1H3,(H2,21,22,24). The molecule has 1 unspecified atom stereocenters. The highest BCUT2D eigenvalue weighted by molar-refractivity contribution is 5.90. The Bertz CT molecular complexity index is 708. The summed E-state index contributed by atoms with van der Waals surface area (Å²) in [6.07, 6.45) is -0.0177. The minimum Gasteiger partial charge on any atom is -0.495 e. The van der Waals surface area contributed by atoms with Crippen LogP contribution in [0.1, 0.15) is 5.56 Å². The number of urea groups is 1. The monoisotopic (exact) mass is 355 g/mol. The fourth-order valence-corrected chi connectivity index (χ4v) is 3.01. The zero-order valence-electron chi connectivity index (χ0n) is 15.0. The number of carbonyl (C=O) groups excluding carboxylic acids is 1. The van der Waals surface area contributed by atoms with Crippen molar-refractivity contribution in [3.63, 3.8) is 0 Å². The van der Waals surface area contributed by atoms with Crippen molar-refractivity contribution in [1.82, 2.24) is 10.2 Å². The Hall–Kier alpha value is -2.57. The van der Waals surface area contributed by atoms with Crippen LogP contribution in [0.4, 0.5) is 10.5 Å². The number of rotatable bonds is 6. The Balaban J connectivity index is 1.46. The van der Waals surface area contributed by atoms with E-state index in [9.17, 15) is 4.79 Å². The van der Waals surface area contributed by atoms with E-state index in [1.807, 2.05) is 18.2 Å². The van der Waals surface area contributed by atoms with E-state index in [0.717, 1.165) is 19.6 Å². The molecule has 2 amide bonds. The molecule has 6 nitrogen and oxygen atoms in total.